The summed E-state index contributed by atoms with van der Waals surface area (Å²) in [4.78, 5) is 11.8. The second-order valence-corrected chi connectivity index (χ2v) is 5.59. The quantitative estimate of drug-likeness (QED) is 0.906. The van der Waals surface area contributed by atoms with Crippen LogP contribution in [0.2, 0.25) is 0 Å². The zero-order valence-electron chi connectivity index (χ0n) is 10.8. The summed E-state index contributed by atoms with van der Waals surface area (Å²) in [5, 5.41) is 3.05. The van der Waals surface area contributed by atoms with Crippen LogP contribution in [-0.2, 0) is 4.79 Å². The van der Waals surface area contributed by atoms with Gasteiger partial charge < -0.3 is 10.1 Å². The van der Waals surface area contributed by atoms with Gasteiger partial charge in [0, 0.05) is 6.04 Å². The molecule has 0 heterocycles. The van der Waals surface area contributed by atoms with Gasteiger partial charge in [-0.1, -0.05) is 6.42 Å². The molecule has 19 heavy (non-hydrogen) atoms. The van der Waals surface area contributed by atoms with Crippen LogP contribution in [0.5, 0.6) is 5.75 Å². The van der Waals surface area contributed by atoms with Crippen molar-refractivity contribution in [2.75, 3.05) is 6.61 Å². The largest absolute Gasteiger partial charge is 0.484 e. The molecule has 1 amide bonds. The van der Waals surface area contributed by atoms with Gasteiger partial charge in [-0.25, -0.2) is 4.39 Å². The SMILES string of the molecule is O=C(COc1ccc(F)cc1)N[C@@H]1C[C@@H]2CC[C@@H]1C2. The van der Waals surface area contributed by atoms with Crippen molar-refractivity contribution in [3.8, 4) is 5.75 Å². The van der Waals surface area contributed by atoms with Crippen LogP contribution in [0.25, 0.3) is 0 Å². The first kappa shape index (κ1) is 12.5. The molecule has 0 saturated heterocycles. The van der Waals surface area contributed by atoms with Crippen molar-refractivity contribution < 1.29 is 13.9 Å². The van der Waals surface area contributed by atoms with Crippen LogP contribution in [0.4, 0.5) is 4.39 Å². The molecule has 0 aliphatic heterocycles. The molecule has 0 spiro atoms. The van der Waals surface area contributed by atoms with Crippen LogP contribution in [-0.4, -0.2) is 18.6 Å². The monoisotopic (exact) mass is 263 g/mol. The van der Waals surface area contributed by atoms with Crippen LogP contribution >= 0.6 is 0 Å². The van der Waals surface area contributed by atoms with Crippen LogP contribution < -0.4 is 10.1 Å². The van der Waals surface area contributed by atoms with Gasteiger partial charge in [-0.05, 0) is 55.4 Å². The molecule has 3 nitrogen and oxygen atoms in total. The summed E-state index contributed by atoms with van der Waals surface area (Å²) < 4.78 is 18.0. The van der Waals surface area contributed by atoms with Gasteiger partial charge in [-0.3, -0.25) is 4.79 Å². The second-order valence-electron chi connectivity index (χ2n) is 5.59. The van der Waals surface area contributed by atoms with Gasteiger partial charge in [-0.2, -0.15) is 0 Å². The molecule has 1 aromatic carbocycles. The van der Waals surface area contributed by atoms with Gasteiger partial charge in [0.25, 0.3) is 5.91 Å². The van der Waals surface area contributed by atoms with Crippen molar-refractivity contribution in [2.24, 2.45) is 11.8 Å². The highest BCUT2D eigenvalue weighted by Gasteiger charge is 2.40. The number of carbonyl (C=O) groups excluding carboxylic acids is 1. The fourth-order valence-electron chi connectivity index (χ4n) is 3.35. The normalized spacial score (nSPS) is 28.4. The highest BCUT2D eigenvalue weighted by atomic mass is 19.1. The van der Waals surface area contributed by atoms with Crippen molar-refractivity contribution in [1.82, 2.24) is 5.32 Å². The molecule has 2 aliphatic rings. The lowest BCUT2D eigenvalue weighted by atomic mass is 9.95. The molecule has 3 rings (SSSR count). The number of rotatable bonds is 4. The van der Waals surface area contributed by atoms with Gasteiger partial charge in [0.1, 0.15) is 11.6 Å². The third-order valence-corrected chi connectivity index (χ3v) is 4.27. The van der Waals surface area contributed by atoms with Crippen LogP contribution in [0.15, 0.2) is 24.3 Å². The van der Waals surface area contributed by atoms with Crippen molar-refractivity contribution in [3.05, 3.63) is 30.1 Å². The predicted molar refractivity (Wildman–Crippen MR) is 69.3 cm³/mol. The fourth-order valence-corrected chi connectivity index (χ4v) is 3.35. The summed E-state index contributed by atoms with van der Waals surface area (Å²) in [6.07, 6.45) is 4.95. The number of hydrogen-bond donors (Lipinski definition) is 1. The fraction of sp³-hybridized carbons (Fsp3) is 0.533. The Morgan fingerprint density at radius 2 is 2.05 bits per heavy atom. The molecule has 4 heteroatoms. The van der Waals surface area contributed by atoms with Crippen LogP contribution in [0, 0.1) is 17.7 Å². The van der Waals surface area contributed by atoms with Crippen molar-refractivity contribution in [1.29, 1.82) is 0 Å². The molecule has 2 fully saturated rings. The van der Waals surface area contributed by atoms with Gasteiger partial charge >= 0.3 is 0 Å². The average molecular weight is 263 g/mol. The van der Waals surface area contributed by atoms with E-state index in [1.54, 1.807) is 0 Å². The summed E-state index contributed by atoms with van der Waals surface area (Å²) in [6.45, 7) is -0.000477. The first-order valence-corrected chi connectivity index (χ1v) is 6.88. The first-order chi connectivity index (χ1) is 9.20. The number of hydrogen-bond acceptors (Lipinski definition) is 2. The van der Waals surface area contributed by atoms with E-state index in [0.29, 0.717) is 17.7 Å². The molecule has 0 unspecified atom stereocenters. The van der Waals surface area contributed by atoms with E-state index in [1.807, 2.05) is 0 Å². The molecule has 3 atom stereocenters. The van der Waals surface area contributed by atoms with Gasteiger partial charge in [0.05, 0.1) is 0 Å². The standard InChI is InChI=1S/C15H18FNO2/c16-12-3-5-13(6-4-12)19-9-15(18)17-14-8-10-1-2-11(14)7-10/h3-6,10-11,14H,1-2,7-9H2,(H,17,18)/t10-,11-,14-/m1/s1. The molecule has 2 bridgehead atoms. The second kappa shape index (κ2) is 5.19. The van der Waals surface area contributed by atoms with Crippen molar-refractivity contribution in [3.63, 3.8) is 0 Å². The van der Waals surface area contributed by atoms with Crippen molar-refractivity contribution in [2.45, 2.75) is 31.7 Å². The van der Waals surface area contributed by atoms with Gasteiger partial charge in [0.15, 0.2) is 6.61 Å². The van der Waals surface area contributed by atoms with E-state index in [0.717, 1.165) is 12.3 Å². The zero-order chi connectivity index (χ0) is 13.2. The minimum atomic E-state index is -0.307. The lowest BCUT2D eigenvalue weighted by molar-refractivity contribution is -0.124. The number of fused-ring (bicyclic) bond motifs is 2. The number of amides is 1. The molecule has 2 aliphatic carbocycles. The molecule has 2 saturated carbocycles. The number of benzene rings is 1. The van der Waals surface area contributed by atoms with E-state index in [2.05, 4.69) is 5.32 Å². The number of carbonyl (C=O) groups is 1. The number of halogens is 1. The predicted octanol–water partition coefficient (Wildman–Crippen LogP) is 2.51. The summed E-state index contributed by atoms with van der Waals surface area (Å²) in [7, 11) is 0. The van der Waals surface area contributed by atoms with E-state index in [9.17, 15) is 9.18 Å². The van der Waals surface area contributed by atoms with E-state index < -0.39 is 0 Å². The summed E-state index contributed by atoms with van der Waals surface area (Å²) in [5.41, 5.74) is 0. The van der Waals surface area contributed by atoms with Crippen LogP contribution in [0.1, 0.15) is 25.7 Å². The molecular formula is C15H18FNO2. The van der Waals surface area contributed by atoms with Gasteiger partial charge in [0.2, 0.25) is 0 Å². The smallest absolute Gasteiger partial charge is 0.258 e. The maximum atomic E-state index is 12.7. The molecular weight excluding hydrogens is 245 g/mol. The minimum Gasteiger partial charge on any atom is -0.484 e. The molecule has 102 valence electrons. The Labute approximate surface area is 112 Å². The van der Waals surface area contributed by atoms with E-state index in [4.69, 9.17) is 4.74 Å². The molecule has 1 aromatic rings. The van der Waals surface area contributed by atoms with E-state index in [1.165, 1.54) is 43.5 Å². The zero-order valence-corrected chi connectivity index (χ0v) is 10.8. The maximum Gasteiger partial charge on any atom is 0.258 e. The first-order valence-electron chi connectivity index (χ1n) is 6.88. The van der Waals surface area contributed by atoms with Crippen molar-refractivity contribution >= 4 is 5.91 Å². The Balaban J connectivity index is 1.45. The Hall–Kier alpha value is -1.58. The Bertz CT molecular complexity index is 460. The lowest BCUT2D eigenvalue weighted by Crippen LogP contribution is -2.40. The number of ether oxygens (including phenoxy) is 1. The average Bonchev–Trinajstić information content (AvgIpc) is 3.00. The van der Waals surface area contributed by atoms with E-state index in [-0.39, 0.29) is 18.3 Å². The maximum absolute atomic E-state index is 12.7. The highest BCUT2D eigenvalue weighted by Crippen LogP contribution is 2.44. The van der Waals surface area contributed by atoms with E-state index >= 15 is 0 Å². The lowest BCUT2D eigenvalue weighted by Gasteiger charge is -2.22. The third-order valence-electron chi connectivity index (χ3n) is 4.27. The third kappa shape index (κ3) is 2.88. The minimum absolute atomic E-state index is 0.000477. The highest BCUT2D eigenvalue weighted by molar-refractivity contribution is 5.77. The molecule has 1 N–H and O–H groups in total. The topological polar surface area (TPSA) is 38.3 Å². The van der Waals surface area contributed by atoms with Crippen LogP contribution in [0.3, 0.4) is 0 Å². The number of nitrogens with one attached hydrogen (secondary N) is 1. The van der Waals surface area contributed by atoms with Gasteiger partial charge in [-0.15, -0.1) is 0 Å². The molecule has 0 radical (unpaired) electrons. The molecule has 0 aromatic heterocycles. The summed E-state index contributed by atoms with van der Waals surface area (Å²) >= 11 is 0. The Kier molecular flexibility index (Phi) is 3.40. The Morgan fingerprint density at radius 1 is 1.26 bits per heavy atom. The summed E-state index contributed by atoms with van der Waals surface area (Å²) in [6, 6.07) is 6.04. The Morgan fingerprint density at radius 3 is 2.68 bits per heavy atom. The summed E-state index contributed by atoms with van der Waals surface area (Å²) in [5.74, 6) is 1.61.